The molecule has 0 bridgehead atoms. The fraction of sp³-hybridized carbons (Fsp3) is 0.429. The Bertz CT molecular complexity index is 667. The molecule has 0 saturated carbocycles. The minimum Gasteiger partial charge on any atom is -0.481 e. The first-order chi connectivity index (χ1) is 10.6. The summed E-state index contributed by atoms with van der Waals surface area (Å²) in [6, 6.07) is 3.96. The van der Waals surface area contributed by atoms with Crippen LogP contribution in [0.5, 0.6) is 0 Å². The largest absolute Gasteiger partial charge is 0.481 e. The van der Waals surface area contributed by atoms with Crippen molar-refractivity contribution >= 4 is 23.2 Å². The maximum Gasteiger partial charge on any atom is 0.308 e. The lowest BCUT2D eigenvalue weighted by molar-refractivity contribution is -0.143. The number of hydrogen-bond acceptors (Lipinski definition) is 5. The molecule has 1 N–H and O–H groups in total. The summed E-state index contributed by atoms with van der Waals surface area (Å²) in [6.45, 7) is 1.39. The van der Waals surface area contributed by atoms with Gasteiger partial charge in [0.25, 0.3) is 5.91 Å². The summed E-state index contributed by atoms with van der Waals surface area (Å²) in [4.78, 5) is 26.2. The normalized spacial score (nSPS) is 18.4. The molecule has 1 saturated heterocycles. The molecule has 2 aromatic rings. The molecule has 22 heavy (non-hydrogen) atoms. The Morgan fingerprint density at radius 2 is 2.32 bits per heavy atom. The van der Waals surface area contributed by atoms with E-state index in [2.05, 4.69) is 10.3 Å². The SMILES string of the molecule is O=C(O)[C@@H]1CCCN(C(=O)c2cn(Cc3cccs3)nn2)C1. The Labute approximate surface area is 131 Å². The lowest BCUT2D eigenvalue weighted by atomic mass is 9.98. The molecule has 2 aromatic heterocycles. The van der Waals surface area contributed by atoms with Gasteiger partial charge in [-0.25, -0.2) is 4.68 Å². The van der Waals surface area contributed by atoms with E-state index in [-0.39, 0.29) is 18.1 Å². The maximum atomic E-state index is 12.4. The van der Waals surface area contributed by atoms with E-state index < -0.39 is 11.9 Å². The topological polar surface area (TPSA) is 88.3 Å². The quantitative estimate of drug-likeness (QED) is 0.918. The van der Waals surface area contributed by atoms with Gasteiger partial charge >= 0.3 is 5.97 Å². The number of aromatic nitrogens is 3. The van der Waals surface area contributed by atoms with Gasteiger partial charge in [-0.05, 0) is 24.3 Å². The fourth-order valence-electron chi connectivity index (χ4n) is 2.56. The van der Waals surface area contributed by atoms with Gasteiger partial charge < -0.3 is 10.0 Å². The number of amides is 1. The van der Waals surface area contributed by atoms with Crippen molar-refractivity contribution in [2.24, 2.45) is 5.92 Å². The predicted octanol–water partition coefficient (Wildman–Crippen LogP) is 1.32. The fourth-order valence-corrected chi connectivity index (χ4v) is 3.26. The Hall–Kier alpha value is -2.22. The van der Waals surface area contributed by atoms with E-state index in [0.29, 0.717) is 25.9 Å². The molecule has 1 amide bonds. The number of piperidine rings is 1. The third-order valence-corrected chi connectivity index (χ3v) is 4.57. The summed E-state index contributed by atoms with van der Waals surface area (Å²) >= 11 is 1.62. The third-order valence-electron chi connectivity index (χ3n) is 3.71. The average molecular weight is 320 g/mol. The first kappa shape index (κ1) is 14.7. The van der Waals surface area contributed by atoms with E-state index in [1.165, 1.54) is 0 Å². The zero-order chi connectivity index (χ0) is 15.5. The van der Waals surface area contributed by atoms with Crippen LogP contribution in [-0.2, 0) is 11.3 Å². The van der Waals surface area contributed by atoms with Gasteiger partial charge in [0.2, 0.25) is 0 Å². The highest BCUT2D eigenvalue weighted by Gasteiger charge is 2.29. The second-order valence-electron chi connectivity index (χ2n) is 5.31. The monoisotopic (exact) mass is 320 g/mol. The van der Waals surface area contributed by atoms with Crippen LogP contribution in [-0.4, -0.2) is 50.0 Å². The Morgan fingerprint density at radius 1 is 1.45 bits per heavy atom. The standard InChI is InChI=1S/C14H16N4O3S/c19-13(17-5-1-3-10(7-17)14(20)21)12-9-18(16-15-12)8-11-4-2-6-22-11/h2,4,6,9-10H,1,3,5,7-8H2,(H,20,21)/t10-/m1/s1. The number of carboxylic acid groups (broad SMARTS) is 1. The molecule has 3 rings (SSSR count). The van der Waals surface area contributed by atoms with Gasteiger partial charge in [0, 0.05) is 18.0 Å². The predicted molar refractivity (Wildman–Crippen MR) is 79.7 cm³/mol. The number of likely N-dealkylation sites (tertiary alicyclic amines) is 1. The number of hydrogen-bond donors (Lipinski definition) is 1. The number of nitrogens with zero attached hydrogens (tertiary/aromatic N) is 4. The van der Waals surface area contributed by atoms with Gasteiger partial charge in [0.05, 0.1) is 18.7 Å². The van der Waals surface area contributed by atoms with E-state index in [1.807, 2.05) is 17.5 Å². The molecular weight excluding hydrogens is 304 g/mol. The number of carbonyl (C=O) groups is 2. The van der Waals surface area contributed by atoms with E-state index in [0.717, 1.165) is 4.88 Å². The molecule has 0 unspecified atom stereocenters. The van der Waals surface area contributed by atoms with Crippen molar-refractivity contribution in [2.45, 2.75) is 19.4 Å². The molecule has 1 fully saturated rings. The zero-order valence-electron chi connectivity index (χ0n) is 11.9. The molecule has 1 atom stereocenters. The molecule has 3 heterocycles. The Balaban J connectivity index is 1.67. The second-order valence-corrected chi connectivity index (χ2v) is 6.34. The van der Waals surface area contributed by atoms with Crippen LogP contribution in [0.3, 0.4) is 0 Å². The first-order valence-electron chi connectivity index (χ1n) is 7.08. The van der Waals surface area contributed by atoms with E-state index in [1.54, 1.807) is 27.1 Å². The van der Waals surface area contributed by atoms with Gasteiger partial charge in [-0.3, -0.25) is 9.59 Å². The Morgan fingerprint density at radius 3 is 3.05 bits per heavy atom. The summed E-state index contributed by atoms with van der Waals surface area (Å²) in [7, 11) is 0. The lowest BCUT2D eigenvalue weighted by Crippen LogP contribution is -2.42. The smallest absolute Gasteiger partial charge is 0.308 e. The number of carboxylic acids is 1. The summed E-state index contributed by atoms with van der Waals surface area (Å²) in [6.07, 6.45) is 2.93. The highest BCUT2D eigenvalue weighted by Crippen LogP contribution is 2.18. The van der Waals surface area contributed by atoms with Crippen molar-refractivity contribution in [3.63, 3.8) is 0 Å². The molecule has 1 aliphatic heterocycles. The zero-order valence-corrected chi connectivity index (χ0v) is 12.7. The summed E-state index contributed by atoms with van der Waals surface area (Å²) in [5.41, 5.74) is 0.266. The van der Waals surface area contributed by atoms with Crippen molar-refractivity contribution in [1.29, 1.82) is 0 Å². The molecule has 116 valence electrons. The van der Waals surface area contributed by atoms with Crippen molar-refractivity contribution in [2.75, 3.05) is 13.1 Å². The van der Waals surface area contributed by atoms with Crippen molar-refractivity contribution in [3.8, 4) is 0 Å². The van der Waals surface area contributed by atoms with Gasteiger partial charge in [-0.15, -0.1) is 16.4 Å². The molecule has 7 nitrogen and oxygen atoms in total. The second kappa shape index (κ2) is 6.27. The van der Waals surface area contributed by atoms with Crippen LogP contribution < -0.4 is 0 Å². The van der Waals surface area contributed by atoms with Crippen molar-refractivity contribution in [3.05, 3.63) is 34.3 Å². The third kappa shape index (κ3) is 3.16. The molecule has 0 aromatic carbocycles. The summed E-state index contributed by atoms with van der Waals surface area (Å²) < 4.78 is 1.62. The minimum atomic E-state index is -0.848. The van der Waals surface area contributed by atoms with Gasteiger partial charge in [-0.2, -0.15) is 0 Å². The Kier molecular flexibility index (Phi) is 4.19. The van der Waals surface area contributed by atoms with E-state index in [9.17, 15) is 9.59 Å². The van der Waals surface area contributed by atoms with Gasteiger partial charge in [-0.1, -0.05) is 11.3 Å². The van der Waals surface area contributed by atoms with Crippen LogP contribution in [0.15, 0.2) is 23.7 Å². The van der Waals surface area contributed by atoms with Gasteiger partial charge in [0.15, 0.2) is 5.69 Å². The van der Waals surface area contributed by atoms with E-state index >= 15 is 0 Å². The number of thiophene rings is 1. The molecule has 0 aliphatic carbocycles. The molecular formula is C14H16N4O3S. The minimum absolute atomic E-state index is 0.242. The van der Waals surface area contributed by atoms with Crippen LogP contribution in [0.25, 0.3) is 0 Å². The number of aliphatic carboxylic acids is 1. The molecule has 0 spiro atoms. The molecule has 1 aliphatic rings. The van der Waals surface area contributed by atoms with Gasteiger partial charge in [0.1, 0.15) is 0 Å². The number of carbonyl (C=O) groups excluding carboxylic acids is 1. The maximum absolute atomic E-state index is 12.4. The number of rotatable bonds is 4. The summed E-state index contributed by atoms with van der Waals surface area (Å²) in [5.74, 6) is -1.58. The highest BCUT2D eigenvalue weighted by atomic mass is 32.1. The van der Waals surface area contributed by atoms with Crippen LogP contribution >= 0.6 is 11.3 Å². The van der Waals surface area contributed by atoms with Crippen LogP contribution in [0, 0.1) is 5.92 Å². The molecule has 0 radical (unpaired) electrons. The highest BCUT2D eigenvalue weighted by molar-refractivity contribution is 7.09. The summed E-state index contributed by atoms with van der Waals surface area (Å²) in [5, 5.41) is 19.0. The first-order valence-corrected chi connectivity index (χ1v) is 7.96. The average Bonchev–Trinajstić information content (AvgIpc) is 3.19. The van der Waals surface area contributed by atoms with Crippen LogP contribution in [0.4, 0.5) is 0 Å². The lowest BCUT2D eigenvalue weighted by Gasteiger charge is -2.29. The van der Waals surface area contributed by atoms with Crippen LogP contribution in [0.1, 0.15) is 28.2 Å². The van der Waals surface area contributed by atoms with Crippen LogP contribution in [0.2, 0.25) is 0 Å². The molecule has 8 heteroatoms. The van der Waals surface area contributed by atoms with Crippen molar-refractivity contribution < 1.29 is 14.7 Å². The van der Waals surface area contributed by atoms with Crippen molar-refractivity contribution in [1.82, 2.24) is 19.9 Å². The van der Waals surface area contributed by atoms with E-state index in [4.69, 9.17) is 5.11 Å².